The van der Waals surface area contributed by atoms with E-state index in [1.54, 1.807) is 24.3 Å². The molecule has 0 aliphatic rings. The highest BCUT2D eigenvalue weighted by Crippen LogP contribution is 2.32. The van der Waals surface area contributed by atoms with Crippen LogP contribution in [0.4, 0.5) is 0 Å². The highest BCUT2D eigenvalue weighted by molar-refractivity contribution is 8.14. The molecule has 106 valence electrons. The van der Waals surface area contributed by atoms with Crippen LogP contribution < -0.4 is 4.74 Å². The molecule has 0 bridgehead atoms. The predicted molar refractivity (Wildman–Crippen MR) is 74.7 cm³/mol. The lowest BCUT2D eigenvalue weighted by atomic mass is 10.1. The number of rotatable bonds is 5. The number of hydrogen-bond donors (Lipinski definition) is 1. The van der Waals surface area contributed by atoms with Crippen LogP contribution >= 0.6 is 10.7 Å². The lowest BCUT2D eigenvalue weighted by Gasteiger charge is -2.10. The molecule has 2 rings (SSSR count). The molecule has 0 spiro atoms. The van der Waals surface area contributed by atoms with E-state index in [0.717, 1.165) is 0 Å². The molecule has 0 aliphatic heterocycles. The van der Waals surface area contributed by atoms with Gasteiger partial charge in [-0.2, -0.15) is 0 Å². The fraction of sp³-hybridized carbons (Fsp3) is 0.154. The van der Waals surface area contributed by atoms with Crippen LogP contribution in [0.2, 0.25) is 0 Å². The third kappa shape index (κ3) is 3.20. The standard InChI is InChI=1S/C13H11ClO5S/c14-20(17,18)12-6-5-11(19-8-7-13(15)16)9-3-1-2-4-10(9)12/h1-6H,7-8H2,(H,15,16). The summed E-state index contributed by atoms with van der Waals surface area (Å²) in [5, 5.41) is 9.59. The predicted octanol–water partition coefficient (Wildman–Crippen LogP) is 2.62. The van der Waals surface area contributed by atoms with Crippen LogP contribution in [0, 0.1) is 0 Å². The van der Waals surface area contributed by atoms with Crippen molar-refractivity contribution < 1.29 is 23.1 Å². The lowest BCUT2D eigenvalue weighted by Crippen LogP contribution is -2.05. The molecule has 20 heavy (non-hydrogen) atoms. The van der Waals surface area contributed by atoms with Gasteiger partial charge in [-0.05, 0) is 12.1 Å². The maximum absolute atomic E-state index is 11.5. The van der Waals surface area contributed by atoms with Crippen LogP contribution in [0.5, 0.6) is 5.75 Å². The second kappa shape index (κ2) is 5.68. The summed E-state index contributed by atoms with van der Waals surface area (Å²) in [5.41, 5.74) is 0. The number of benzene rings is 2. The number of carbonyl (C=O) groups is 1. The molecule has 0 heterocycles. The van der Waals surface area contributed by atoms with Crippen molar-refractivity contribution in [2.75, 3.05) is 6.61 Å². The maximum atomic E-state index is 11.5. The zero-order valence-corrected chi connectivity index (χ0v) is 11.8. The van der Waals surface area contributed by atoms with Crippen LogP contribution in [0.3, 0.4) is 0 Å². The van der Waals surface area contributed by atoms with Gasteiger partial charge in [-0.25, -0.2) is 8.42 Å². The van der Waals surface area contributed by atoms with Crippen LogP contribution in [0.25, 0.3) is 10.8 Å². The van der Waals surface area contributed by atoms with E-state index in [2.05, 4.69) is 0 Å². The first-order valence-corrected chi connectivity index (χ1v) is 8.01. The van der Waals surface area contributed by atoms with Crippen LogP contribution in [-0.4, -0.2) is 26.1 Å². The van der Waals surface area contributed by atoms with Gasteiger partial charge >= 0.3 is 5.97 Å². The molecule has 5 nitrogen and oxygen atoms in total. The smallest absolute Gasteiger partial charge is 0.306 e. The molecular weight excluding hydrogens is 304 g/mol. The summed E-state index contributed by atoms with van der Waals surface area (Å²) in [5.74, 6) is -0.542. The van der Waals surface area contributed by atoms with Gasteiger partial charge in [0.15, 0.2) is 0 Å². The number of ether oxygens (including phenoxy) is 1. The van der Waals surface area contributed by atoms with E-state index < -0.39 is 15.0 Å². The fourth-order valence-corrected chi connectivity index (χ4v) is 2.91. The number of hydrogen-bond acceptors (Lipinski definition) is 4. The molecule has 0 atom stereocenters. The SMILES string of the molecule is O=C(O)CCOc1ccc(S(=O)(=O)Cl)c2ccccc12. The molecule has 7 heteroatoms. The number of halogens is 1. The van der Waals surface area contributed by atoms with Crippen molar-refractivity contribution >= 4 is 36.5 Å². The Morgan fingerprint density at radius 3 is 2.40 bits per heavy atom. The van der Waals surface area contributed by atoms with Gasteiger partial charge in [0.2, 0.25) is 0 Å². The second-order valence-electron chi connectivity index (χ2n) is 4.04. The van der Waals surface area contributed by atoms with Gasteiger partial charge in [-0.1, -0.05) is 24.3 Å². The zero-order chi connectivity index (χ0) is 14.8. The zero-order valence-electron chi connectivity index (χ0n) is 10.2. The topological polar surface area (TPSA) is 80.7 Å². The fourth-order valence-electron chi connectivity index (χ4n) is 1.83. The Kier molecular flexibility index (Phi) is 4.15. The van der Waals surface area contributed by atoms with Gasteiger partial charge in [-0.3, -0.25) is 4.79 Å². The van der Waals surface area contributed by atoms with Crippen LogP contribution in [0.1, 0.15) is 6.42 Å². The normalized spacial score (nSPS) is 11.4. The molecule has 0 saturated carbocycles. The minimum Gasteiger partial charge on any atom is -0.492 e. The summed E-state index contributed by atoms with van der Waals surface area (Å²) in [6.45, 7) is 0.00625. The van der Waals surface area contributed by atoms with Crippen molar-refractivity contribution in [1.82, 2.24) is 0 Å². The summed E-state index contributed by atoms with van der Waals surface area (Å²) in [7, 11) is 1.53. The van der Waals surface area contributed by atoms with Gasteiger partial charge in [-0.15, -0.1) is 0 Å². The van der Waals surface area contributed by atoms with Crippen molar-refractivity contribution in [2.24, 2.45) is 0 Å². The molecule has 1 N–H and O–H groups in total. The van der Waals surface area contributed by atoms with Crippen molar-refractivity contribution in [3.05, 3.63) is 36.4 Å². The van der Waals surface area contributed by atoms with E-state index in [1.807, 2.05) is 0 Å². The average molecular weight is 315 g/mol. The monoisotopic (exact) mass is 314 g/mol. The van der Waals surface area contributed by atoms with Gasteiger partial charge < -0.3 is 9.84 Å². The molecule has 0 radical (unpaired) electrons. The van der Waals surface area contributed by atoms with E-state index in [-0.39, 0.29) is 17.9 Å². The quantitative estimate of drug-likeness (QED) is 0.858. The Hall–Kier alpha value is -1.79. The highest BCUT2D eigenvalue weighted by atomic mass is 35.7. The molecule has 0 aromatic heterocycles. The Morgan fingerprint density at radius 1 is 1.15 bits per heavy atom. The van der Waals surface area contributed by atoms with Crippen LogP contribution in [-0.2, 0) is 13.8 Å². The van der Waals surface area contributed by atoms with E-state index in [1.165, 1.54) is 12.1 Å². The Balaban J connectivity index is 2.46. The van der Waals surface area contributed by atoms with E-state index >= 15 is 0 Å². The van der Waals surface area contributed by atoms with Crippen molar-refractivity contribution in [1.29, 1.82) is 0 Å². The van der Waals surface area contributed by atoms with Gasteiger partial charge in [0.25, 0.3) is 9.05 Å². The first-order valence-electron chi connectivity index (χ1n) is 5.70. The molecule has 0 saturated heterocycles. The van der Waals surface area contributed by atoms with Crippen LogP contribution in [0.15, 0.2) is 41.3 Å². The lowest BCUT2D eigenvalue weighted by molar-refractivity contribution is -0.137. The third-order valence-electron chi connectivity index (χ3n) is 2.68. The average Bonchev–Trinajstić information content (AvgIpc) is 2.37. The van der Waals surface area contributed by atoms with E-state index in [0.29, 0.717) is 16.5 Å². The minimum absolute atomic E-state index is 0.000325. The van der Waals surface area contributed by atoms with E-state index in [4.69, 9.17) is 20.5 Å². The number of aliphatic carboxylic acids is 1. The molecule has 2 aromatic rings. The number of carboxylic acid groups (broad SMARTS) is 1. The van der Waals surface area contributed by atoms with E-state index in [9.17, 15) is 13.2 Å². The molecule has 0 unspecified atom stereocenters. The molecule has 0 aliphatic carbocycles. The summed E-state index contributed by atoms with van der Waals surface area (Å²) in [6.07, 6.45) is -0.135. The summed E-state index contributed by atoms with van der Waals surface area (Å²) < 4.78 is 28.4. The first-order chi connectivity index (χ1) is 9.39. The van der Waals surface area contributed by atoms with Gasteiger partial charge in [0.05, 0.1) is 17.9 Å². The Labute approximate surface area is 120 Å². The Bertz CT molecular complexity index is 754. The number of fused-ring (bicyclic) bond motifs is 1. The van der Waals surface area contributed by atoms with Crippen molar-refractivity contribution in [2.45, 2.75) is 11.3 Å². The molecule has 0 amide bonds. The first kappa shape index (κ1) is 14.6. The molecule has 2 aromatic carbocycles. The summed E-state index contributed by atoms with van der Waals surface area (Å²) >= 11 is 0. The van der Waals surface area contributed by atoms with Crippen molar-refractivity contribution in [3.8, 4) is 5.75 Å². The number of carboxylic acids is 1. The second-order valence-corrected chi connectivity index (χ2v) is 6.57. The third-order valence-corrected chi connectivity index (χ3v) is 4.06. The molecule has 0 fully saturated rings. The molecular formula is C13H11ClO5S. The van der Waals surface area contributed by atoms with Crippen molar-refractivity contribution in [3.63, 3.8) is 0 Å². The van der Waals surface area contributed by atoms with Gasteiger partial charge in [0, 0.05) is 21.5 Å². The summed E-state index contributed by atoms with van der Waals surface area (Å²) in [6, 6.07) is 9.55. The van der Waals surface area contributed by atoms with Gasteiger partial charge in [0.1, 0.15) is 5.75 Å². The highest BCUT2D eigenvalue weighted by Gasteiger charge is 2.16. The maximum Gasteiger partial charge on any atom is 0.306 e. The summed E-state index contributed by atoms with van der Waals surface area (Å²) in [4.78, 5) is 10.5. The Morgan fingerprint density at radius 2 is 1.80 bits per heavy atom. The largest absolute Gasteiger partial charge is 0.492 e. The minimum atomic E-state index is -3.86.